The predicted molar refractivity (Wildman–Crippen MR) is 105 cm³/mol. The summed E-state index contributed by atoms with van der Waals surface area (Å²) in [5.74, 6) is -0.0253. The molecule has 0 atom stereocenters. The van der Waals surface area contributed by atoms with Crippen molar-refractivity contribution in [2.45, 2.75) is 32.2 Å². The van der Waals surface area contributed by atoms with Crippen LogP contribution in [0.15, 0.2) is 30.3 Å². The largest absolute Gasteiger partial charge is 0.351 e. The molecule has 2 saturated heterocycles. The molecule has 1 aromatic rings. The molecule has 0 radical (unpaired) electrons. The minimum absolute atomic E-state index is 0.0253. The van der Waals surface area contributed by atoms with E-state index in [1.165, 1.54) is 0 Å². The van der Waals surface area contributed by atoms with Crippen molar-refractivity contribution in [3.63, 3.8) is 0 Å². The Hall–Kier alpha value is -1.48. The Morgan fingerprint density at radius 2 is 1.44 bits per heavy atom. The van der Waals surface area contributed by atoms with Crippen LogP contribution in [0.1, 0.15) is 31.2 Å². The predicted octanol–water partition coefficient (Wildman–Crippen LogP) is 1.04. The number of benzene rings is 1. The van der Waals surface area contributed by atoms with Crippen LogP contribution >= 0.6 is 0 Å². The van der Waals surface area contributed by atoms with Gasteiger partial charge < -0.3 is 5.32 Å². The van der Waals surface area contributed by atoms with Gasteiger partial charge >= 0.3 is 0 Å². The summed E-state index contributed by atoms with van der Waals surface area (Å²) in [5, 5.41) is 2.93. The number of amides is 1. The standard InChI is InChI=1S/C19H30N4O3S/c24-19(20-16-18-8-4-3-5-9-18)17-21-12-14-23(15-13-21)27(25,26)22-10-6-1-2-7-11-22/h3-5,8-9H,1-2,6-7,10-17H2,(H,20,24). The zero-order valence-corrected chi connectivity index (χ0v) is 16.7. The lowest BCUT2D eigenvalue weighted by molar-refractivity contribution is -0.122. The molecule has 0 unspecified atom stereocenters. The normalized spacial score (nSPS) is 20.9. The monoisotopic (exact) mass is 394 g/mol. The molecule has 0 aromatic heterocycles. The van der Waals surface area contributed by atoms with E-state index in [1.807, 2.05) is 35.2 Å². The van der Waals surface area contributed by atoms with Crippen molar-refractivity contribution in [3.8, 4) is 0 Å². The molecule has 2 heterocycles. The summed E-state index contributed by atoms with van der Waals surface area (Å²) in [6, 6.07) is 9.81. The molecule has 2 fully saturated rings. The van der Waals surface area contributed by atoms with Crippen LogP contribution in [0.25, 0.3) is 0 Å². The third kappa shape index (κ3) is 5.75. The number of carbonyl (C=O) groups is 1. The number of hydrogen-bond donors (Lipinski definition) is 1. The molecule has 150 valence electrons. The van der Waals surface area contributed by atoms with E-state index >= 15 is 0 Å². The maximum Gasteiger partial charge on any atom is 0.282 e. The number of nitrogens with one attached hydrogen (secondary N) is 1. The third-order valence-corrected chi connectivity index (χ3v) is 7.28. The molecule has 27 heavy (non-hydrogen) atoms. The Morgan fingerprint density at radius 1 is 0.852 bits per heavy atom. The van der Waals surface area contributed by atoms with Crippen molar-refractivity contribution in [1.82, 2.24) is 18.8 Å². The average molecular weight is 395 g/mol. The van der Waals surface area contributed by atoms with Gasteiger partial charge in [-0.15, -0.1) is 0 Å². The molecule has 0 aliphatic carbocycles. The van der Waals surface area contributed by atoms with Gasteiger partial charge in [0.2, 0.25) is 5.91 Å². The van der Waals surface area contributed by atoms with Crippen molar-refractivity contribution >= 4 is 16.1 Å². The molecular weight excluding hydrogens is 364 g/mol. The van der Waals surface area contributed by atoms with Gasteiger partial charge in [-0.05, 0) is 18.4 Å². The summed E-state index contributed by atoms with van der Waals surface area (Å²) < 4.78 is 28.9. The highest BCUT2D eigenvalue weighted by atomic mass is 32.2. The fraction of sp³-hybridized carbons (Fsp3) is 0.632. The topological polar surface area (TPSA) is 73.0 Å². The van der Waals surface area contributed by atoms with Gasteiger partial charge in [0.05, 0.1) is 6.54 Å². The van der Waals surface area contributed by atoms with Crippen LogP contribution < -0.4 is 5.32 Å². The van der Waals surface area contributed by atoms with Gasteiger partial charge in [-0.3, -0.25) is 9.69 Å². The molecule has 3 rings (SSSR count). The van der Waals surface area contributed by atoms with E-state index in [1.54, 1.807) is 8.61 Å². The number of piperazine rings is 1. The van der Waals surface area contributed by atoms with E-state index in [2.05, 4.69) is 5.32 Å². The summed E-state index contributed by atoms with van der Waals surface area (Å²) in [7, 11) is -3.37. The van der Waals surface area contributed by atoms with Crippen molar-refractivity contribution < 1.29 is 13.2 Å². The number of hydrogen-bond acceptors (Lipinski definition) is 4. The number of carbonyl (C=O) groups excluding carboxylic acids is 1. The zero-order chi connectivity index (χ0) is 19.1. The van der Waals surface area contributed by atoms with Crippen LogP contribution in [-0.2, 0) is 21.5 Å². The average Bonchev–Trinajstić information content (AvgIpc) is 2.98. The molecular formula is C19H30N4O3S. The Kier molecular flexibility index (Phi) is 7.23. The first-order valence-electron chi connectivity index (χ1n) is 9.84. The van der Waals surface area contributed by atoms with Gasteiger partial charge in [-0.1, -0.05) is 43.2 Å². The summed E-state index contributed by atoms with van der Waals surface area (Å²) >= 11 is 0. The summed E-state index contributed by atoms with van der Waals surface area (Å²) in [6.45, 7) is 4.16. The van der Waals surface area contributed by atoms with Gasteiger partial charge in [0, 0.05) is 45.8 Å². The number of nitrogens with zero attached hydrogens (tertiary/aromatic N) is 3. The van der Waals surface area contributed by atoms with Gasteiger partial charge in [-0.2, -0.15) is 17.0 Å². The van der Waals surface area contributed by atoms with Gasteiger partial charge in [-0.25, -0.2) is 0 Å². The van der Waals surface area contributed by atoms with E-state index in [0.717, 1.165) is 31.2 Å². The molecule has 0 spiro atoms. The molecule has 1 aromatic carbocycles. The van der Waals surface area contributed by atoms with E-state index in [4.69, 9.17) is 0 Å². The van der Waals surface area contributed by atoms with Crippen molar-refractivity contribution in [2.24, 2.45) is 0 Å². The van der Waals surface area contributed by atoms with E-state index in [9.17, 15) is 13.2 Å². The molecule has 0 saturated carbocycles. The van der Waals surface area contributed by atoms with Crippen LogP contribution in [0.4, 0.5) is 0 Å². The van der Waals surface area contributed by atoms with E-state index in [-0.39, 0.29) is 5.91 Å². The molecule has 8 heteroatoms. The van der Waals surface area contributed by atoms with Crippen molar-refractivity contribution in [2.75, 3.05) is 45.8 Å². The molecule has 0 bridgehead atoms. The first kappa shape index (κ1) is 20.3. The second kappa shape index (κ2) is 9.64. The first-order valence-corrected chi connectivity index (χ1v) is 11.2. The summed E-state index contributed by atoms with van der Waals surface area (Å²) in [6.07, 6.45) is 4.11. The van der Waals surface area contributed by atoms with Crippen molar-refractivity contribution in [1.29, 1.82) is 0 Å². The highest BCUT2D eigenvalue weighted by Crippen LogP contribution is 2.17. The highest BCUT2D eigenvalue weighted by molar-refractivity contribution is 7.86. The lowest BCUT2D eigenvalue weighted by Gasteiger charge is -2.36. The Labute approximate surface area is 162 Å². The van der Waals surface area contributed by atoms with Crippen LogP contribution in [0.2, 0.25) is 0 Å². The van der Waals surface area contributed by atoms with Crippen LogP contribution in [-0.4, -0.2) is 73.6 Å². The Morgan fingerprint density at radius 3 is 2.07 bits per heavy atom. The summed E-state index contributed by atoms with van der Waals surface area (Å²) in [5.41, 5.74) is 1.07. The minimum atomic E-state index is -3.37. The fourth-order valence-electron chi connectivity index (χ4n) is 3.61. The quantitative estimate of drug-likeness (QED) is 0.783. The van der Waals surface area contributed by atoms with Crippen LogP contribution in [0, 0.1) is 0 Å². The third-order valence-electron chi connectivity index (χ3n) is 5.25. The second-order valence-electron chi connectivity index (χ2n) is 7.26. The van der Waals surface area contributed by atoms with Crippen LogP contribution in [0.3, 0.4) is 0 Å². The number of rotatable bonds is 6. The first-order chi connectivity index (χ1) is 13.1. The maximum absolute atomic E-state index is 12.8. The lowest BCUT2D eigenvalue weighted by Crippen LogP contribution is -2.54. The molecule has 1 N–H and O–H groups in total. The fourth-order valence-corrected chi connectivity index (χ4v) is 5.28. The zero-order valence-electron chi connectivity index (χ0n) is 15.8. The van der Waals surface area contributed by atoms with Crippen LogP contribution in [0.5, 0.6) is 0 Å². The van der Waals surface area contributed by atoms with Gasteiger partial charge in [0.25, 0.3) is 10.2 Å². The smallest absolute Gasteiger partial charge is 0.282 e. The molecule has 1 amide bonds. The highest BCUT2D eigenvalue weighted by Gasteiger charge is 2.32. The SMILES string of the molecule is O=C(CN1CCN(S(=O)(=O)N2CCCCCC2)CC1)NCc1ccccc1. The maximum atomic E-state index is 12.8. The summed E-state index contributed by atoms with van der Waals surface area (Å²) in [4.78, 5) is 14.2. The lowest BCUT2D eigenvalue weighted by atomic mass is 10.2. The Bertz CT molecular complexity index is 695. The Balaban J connectivity index is 1.43. The van der Waals surface area contributed by atoms with Crippen molar-refractivity contribution in [3.05, 3.63) is 35.9 Å². The van der Waals surface area contributed by atoms with Gasteiger partial charge in [0.1, 0.15) is 0 Å². The molecule has 2 aliphatic heterocycles. The molecule has 7 nitrogen and oxygen atoms in total. The van der Waals surface area contributed by atoms with Gasteiger partial charge in [0.15, 0.2) is 0 Å². The molecule has 2 aliphatic rings. The van der Waals surface area contributed by atoms with E-state index < -0.39 is 10.2 Å². The van der Waals surface area contributed by atoms with E-state index in [0.29, 0.717) is 52.4 Å². The minimum Gasteiger partial charge on any atom is -0.351 e. The second-order valence-corrected chi connectivity index (χ2v) is 9.19.